The first-order valence-corrected chi connectivity index (χ1v) is 9.85. The van der Waals surface area contributed by atoms with E-state index in [1.54, 1.807) is 7.11 Å². The van der Waals surface area contributed by atoms with Gasteiger partial charge in [0.25, 0.3) is 0 Å². The van der Waals surface area contributed by atoms with Gasteiger partial charge in [0.05, 0.1) is 13.2 Å². The molecular weight excluding hydrogens is 338 g/mol. The molecule has 1 aliphatic carbocycles. The molecule has 2 aromatic rings. The molecule has 0 radical (unpaired) electrons. The third-order valence-corrected chi connectivity index (χ3v) is 5.69. The zero-order valence-electron chi connectivity index (χ0n) is 16.1. The molecular formula is C23H27NO3. The Kier molecular flexibility index (Phi) is 5.06. The number of ether oxygens (including phenoxy) is 2. The van der Waals surface area contributed by atoms with Crippen LogP contribution in [0.15, 0.2) is 42.5 Å². The van der Waals surface area contributed by atoms with Crippen LogP contribution >= 0.6 is 0 Å². The molecule has 1 saturated heterocycles. The van der Waals surface area contributed by atoms with E-state index in [0.717, 1.165) is 35.6 Å². The summed E-state index contributed by atoms with van der Waals surface area (Å²) in [5.74, 6) is 1.93. The number of rotatable bonds is 5. The van der Waals surface area contributed by atoms with Crippen LogP contribution in [0.1, 0.15) is 49.1 Å². The highest BCUT2D eigenvalue weighted by molar-refractivity contribution is 5.96. The monoisotopic (exact) mass is 365 g/mol. The van der Waals surface area contributed by atoms with Crippen molar-refractivity contribution in [1.29, 1.82) is 0 Å². The maximum absolute atomic E-state index is 12.6. The van der Waals surface area contributed by atoms with E-state index in [1.165, 1.54) is 18.4 Å². The highest BCUT2D eigenvalue weighted by Gasteiger charge is 2.32. The van der Waals surface area contributed by atoms with Crippen molar-refractivity contribution in [2.24, 2.45) is 0 Å². The largest absolute Gasteiger partial charge is 0.493 e. The van der Waals surface area contributed by atoms with E-state index < -0.39 is 0 Å². The molecule has 1 heterocycles. The Morgan fingerprint density at radius 1 is 1.04 bits per heavy atom. The highest BCUT2D eigenvalue weighted by Crippen LogP contribution is 2.38. The summed E-state index contributed by atoms with van der Waals surface area (Å²) < 4.78 is 11.7. The number of aryl methyl sites for hydroxylation is 1. The molecule has 0 bridgehead atoms. The molecule has 4 nitrogen and oxygen atoms in total. The zero-order valence-corrected chi connectivity index (χ0v) is 16.1. The van der Waals surface area contributed by atoms with Gasteiger partial charge in [0.15, 0.2) is 11.5 Å². The number of anilines is 1. The molecule has 27 heavy (non-hydrogen) atoms. The van der Waals surface area contributed by atoms with E-state index in [1.807, 2.05) is 23.1 Å². The number of carbonyl (C=O) groups is 1. The lowest BCUT2D eigenvalue weighted by molar-refractivity contribution is -0.117. The summed E-state index contributed by atoms with van der Waals surface area (Å²) in [6, 6.07) is 14.3. The van der Waals surface area contributed by atoms with E-state index >= 15 is 0 Å². The lowest BCUT2D eigenvalue weighted by Gasteiger charge is -2.19. The maximum atomic E-state index is 12.6. The summed E-state index contributed by atoms with van der Waals surface area (Å²) in [5.41, 5.74) is 3.30. The van der Waals surface area contributed by atoms with Gasteiger partial charge in [0.1, 0.15) is 0 Å². The summed E-state index contributed by atoms with van der Waals surface area (Å²) in [4.78, 5) is 14.5. The van der Waals surface area contributed by atoms with Crippen LogP contribution in [-0.4, -0.2) is 25.7 Å². The second-order valence-electron chi connectivity index (χ2n) is 7.68. The Morgan fingerprint density at radius 3 is 2.59 bits per heavy atom. The Morgan fingerprint density at radius 2 is 1.85 bits per heavy atom. The number of amides is 1. The first kappa shape index (κ1) is 17.9. The fraction of sp³-hybridized carbons (Fsp3) is 0.435. The topological polar surface area (TPSA) is 38.8 Å². The third kappa shape index (κ3) is 3.80. The quantitative estimate of drug-likeness (QED) is 0.761. The van der Waals surface area contributed by atoms with Crippen molar-refractivity contribution in [2.75, 3.05) is 18.6 Å². The van der Waals surface area contributed by atoms with E-state index in [4.69, 9.17) is 9.47 Å². The number of hydrogen-bond donors (Lipinski definition) is 0. The molecule has 142 valence electrons. The summed E-state index contributed by atoms with van der Waals surface area (Å²) in [7, 11) is 1.68. The van der Waals surface area contributed by atoms with E-state index in [0.29, 0.717) is 13.0 Å². The summed E-state index contributed by atoms with van der Waals surface area (Å²) in [5, 5.41) is 0. The Bertz CT molecular complexity index is 826. The second kappa shape index (κ2) is 7.63. The van der Waals surface area contributed by atoms with Gasteiger partial charge in [0.2, 0.25) is 5.91 Å². The van der Waals surface area contributed by atoms with Crippen molar-refractivity contribution in [2.45, 2.75) is 51.0 Å². The van der Waals surface area contributed by atoms with Crippen molar-refractivity contribution in [3.05, 3.63) is 53.6 Å². The minimum Gasteiger partial charge on any atom is -0.493 e. The van der Waals surface area contributed by atoms with Gasteiger partial charge in [-0.05, 0) is 68.0 Å². The predicted octanol–water partition coefficient (Wildman–Crippen LogP) is 4.85. The van der Waals surface area contributed by atoms with Crippen molar-refractivity contribution in [3.8, 4) is 11.5 Å². The van der Waals surface area contributed by atoms with Gasteiger partial charge >= 0.3 is 0 Å². The molecule has 2 fully saturated rings. The average molecular weight is 365 g/mol. The number of carbonyl (C=O) groups excluding carboxylic acids is 1. The predicted molar refractivity (Wildman–Crippen MR) is 107 cm³/mol. The lowest BCUT2D eigenvalue weighted by Crippen LogP contribution is -2.24. The first-order chi connectivity index (χ1) is 13.1. The Hall–Kier alpha value is -2.49. The van der Waals surface area contributed by atoms with E-state index in [9.17, 15) is 4.79 Å². The van der Waals surface area contributed by atoms with Crippen LogP contribution in [0.5, 0.6) is 11.5 Å². The number of hydrogen-bond acceptors (Lipinski definition) is 3. The fourth-order valence-electron chi connectivity index (χ4n) is 4.20. The molecule has 0 N–H and O–H groups in total. The number of methoxy groups -OCH3 is 1. The minimum absolute atomic E-state index is 0.176. The SMILES string of the molecule is COc1ccc([C@@H]2CC(=O)N(c3cccc(C)c3)C2)cc1OC1CCCC1. The molecule has 1 atom stereocenters. The van der Waals surface area contributed by atoms with Crippen LogP contribution < -0.4 is 14.4 Å². The summed E-state index contributed by atoms with van der Waals surface area (Å²) in [6.45, 7) is 2.76. The van der Waals surface area contributed by atoms with Gasteiger partial charge in [-0.25, -0.2) is 0 Å². The second-order valence-corrected chi connectivity index (χ2v) is 7.68. The maximum Gasteiger partial charge on any atom is 0.227 e. The molecule has 2 aliphatic rings. The Labute approximate surface area is 161 Å². The van der Waals surface area contributed by atoms with Crippen LogP contribution in [0, 0.1) is 6.92 Å². The first-order valence-electron chi connectivity index (χ1n) is 9.85. The normalized spacial score (nSPS) is 20.3. The van der Waals surface area contributed by atoms with Crippen LogP contribution in [-0.2, 0) is 4.79 Å². The molecule has 0 aromatic heterocycles. The van der Waals surface area contributed by atoms with Crippen LogP contribution in [0.3, 0.4) is 0 Å². The van der Waals surface area contributed by atoms with Gasteiger partial charge < -0.3 is 14.4 Å². The molecule has 1 saturated carbocycles. The van der Waals surface area contributed by atoms with Crippen molar-refractivity contribution in [3.63, 3.8) is 0 Å². The zero-order chi connectivity index (χ0) is 18.8. The highest BCUT2D eigenvalue weighted by atomic mass is 16.5. The van der Waals surface area contributed by atoms with E-state index in [2.05, 4.69) is 31.2 Å². The fourth-order valence-corrected chi connectivity index (χ4v) is 4.20. The van der Waals surface area contributed by atoms with E-state index in [-0.39, 0.29) is 17.9 Å². The van der Waals surface area contributed by atoms with Crippen molar-refractivity contribution in [1.82, 2.24) is 0 Å². The molecule has 4 heteroatoms. The standard InChI is InChI=1S/C23H27NO3/c1-16-6-5-7-19(12-16)24-15-18(14-23(24)25)17-10-11-21(26-2)22(13-17)27-20-8-3-4-9-20/h5-7,10-13,18,20H,3-4,8-9,14-15H2,1-2H3/t18-/m1/s1. The summed E-state index contributed by atoms with van der Waals surface area (Å²) >= 11 is 0. The van der Waals surface area contributed by atoms with Gasteiger partial charge in [-0.2, -0.15) is 0 Å². The number of benzene rings is 2. The van der Waals surface area contributed by atoms with Crippen molar-refractivity contribution < 1.29 is 14.3 Å². The molecule has 4 rings (SSSR count). The van der Waals surface area contributed by atoms with Crippen molar-refractivity contribution >= 4 is 11.6 Å². The van der Waals surface area contributed by atoms with Gasteiger partial charge in [-0.3, -0.25) is 4.79 Å². The molecule has 2 aromatic carbocycles. The van der Waals surface area contributed by atoms with Gasteiger partial charge in [-0.1, -0.05) is 18.2 Å². The van der Waals surface area contributed by atoms with Crippen LogP contribution in [0.25, 0.3) is 0 Å². The Balaban J connectivity index is 1.55. The third-order valence-electron chi connectivity index (χ3n) is 5.69. The van der Waals surface area contributed by atoms with Crippen LogP contribution in [0.4, 0.5) is 5.69 Å². The number of nitrogens with zero attached hydrogens (tertiary/aromatic N) is 1. The van der Waals surface area contributed by atoms with Gasteiger partial charge in [0, 0.05) is 24.6 Å². The smallest absolute Gasteiger partial charge is 0.227 e. The molecule has 1 aliphatic heterocycles. The average Bonchev–Trinajstić information content (AvgIpc) is 3.31. The van der Waals surface area contributed by atoms with Gasteiger partial charge in [-0.15, -0.1) is 0 Å². The molecule has 0 spiro atoms. The molecule has 1 amide bonds. The van der Waals surface area contributed by atoms with Crippen LogP contribution in [0.2, 0.25) is 0 Å². The summed E-state index contributed by atoms with van der Waals surface area (Å²) in [6.07, 6.45) is 5.49. The lowest BCUT2D eigenvalue weighted by atomic mass is 9.98. The molecule has 0 unspecified atom stereocenters. The minimum atomic E-state index is 0.176.